The van der Waals surface area contributed by atoms with Crippen LogP contribution in [-0.4, -0.2) is 45.2 Å². The number of carbonyl (C=O) groups excluding carboxylic acids is 1. The molecule has 1 saturated heterocycles. The summed E-state index contributed by atoms with van der Waals surface area (Å²) < 4.78 is 0. The maximum atomic E-state index is 12.6. The van der Waals surface area contributed by atoms with Crippen molar-refractivity contribution < 1.29 is 14.7 Å². The van der Waals surface area contributed by atoms with Gasteiger partial charge in [-0.3, -0.25) is 4.90 Å². The summed E-state index contributed by atoms with van der Waals surface area (Å²) in [6.45, 7) is 2.08. The Morgan fingerprint density at radius 1 is 1.33 bits per heavy atom. The van der Waals surface area contributed by atoms with Gasteiger partial charge in [0.05, 0.1) is 5.37 Å². The van der Waals surface area contributed by atoms with Crippen molar-refractivity contribution in [2.75, 3.05) is 5.75 Å². The van der Waals surface area contributed by atoms with Crippen molar-refractivity contribution in [2.24, 2.45) is 11.8 Å². The maximum absolute atomic E-state index is 12.6. The highest BCUT2D eigenvalue weighted by atomic mass is 32.2. The number of carboxylic acid groups (broad SMARTS) is 1. The van der Waals surface area contributed by atoms with Crippen molar-refractivity contribution in [2.45, 2.75) is 62.9 Å². The lowest BCUT2D eigenvalue weighted by Crippen LogP contribution is -2.53. The van der Waals surface area contributed by atoms with E-state index in [1.807, 2.05) is 0 Å². The Morgan fingerprint density at radius 3 is 2.57 bits per heavy atom. The summed E-state index contributed by atoms with van der Waals surface area (Å²) in [7, 11) is 0. The van der Waals surface area contributed by atoms with Gasteiger partial charge >= 0.3 is 12.0 Å². The van der Waals surface area contributed by atoms with Gasteiger partial charge in [-0.1, -0.05) is 19.8 Å². The van der Waals surface area contributed by atoms with Gasteiger partial charge in [0, 0.05) is 11.8 Å². The van der Waals surface area contributed by atoms with E-state index in [0.717, 1.165) is 31.6 Å². The number of urea groups is 1. The molecule has 2 amide bonds. The third-order valence-corrected chi connectivity index (χ3v) is 6.18. The van der Waals surface area contributed by atoms with Crippen LogP contribution in [0.5, 0.6) is 0 Å². The van der Waals surface area contributed by atoms with Crippen LogP contribution in [0.15, 0.2) is 0 Å². The molecule has 1 aliphatic heterocycles. The van der Waals surface area contributed by atoms with Crippen LogP contribution in [0.4, 0.5) is 4.79 Å². The first-order valence-corrected chi connectivity index (χ1v) is 9.08. The Bertz CT molecular complexity index is 423. The lowest BCUT2D eigenvalue weighted by Gasteiger charge is -2.29. The summed E-state index contributed by atoms with van der Waals surface area (Å²) >= 11 is 1.63. The van der Waals surface area contributed by atoms with Gasteiger partial charge in [-0.25, -0.2) is 9.59 Å². The van der Waals surface area contributed by atoms with E-state index in [-0.39, 0.29) is 17.4 Å². The van der Waals surface area contributed by atoms with E-state index < -0.39 is 12.0 Å². The molecule has 118 valence electrons. The minimum Gasteiger partial charge on any atom is -0.480 e. The molecule has 21 heavy (non-hydrogen) atoms. The van der Waals surface area contributed by atoms with Crippen LogP contribution in [-0.2, 0) is 4.79 Å². The summed E-state index contributed by atoms with van der Waals surface area (Å²) in [6.07, 6.45) is 6.73. The fraction of sp³-hybridized carbons (Fsp3) is 0.867. The zero-order chi connectivity index (χ0) is 15.0. The topological polar surface area (TPSA) is 69.6 Å². The summed E-state index contributed by atoms with van der Waals surface area (Å²) in [5.74, 6) is 0.894. The lowest BCUT2D eigenvalue weighted by atomic mass is 10.1. The zero-order valence-electron chi connectivity index (χ0n) is 12.5. The van der Waals surface area contributed by atoms with E-state index in [2.05, 4.69) is 12.2 Å². The Balaban J connectivity index is 1.64. The smallest absolute Gasteiger partial charge is 0.327 e. The van der Waals surface area contributed by atoms with Crippen molar-refractivity contribution >= 4 is 23.8 Å². The van der Waals surface area contributed by atoms with Gasteiger partial charge in [-0.2, -0.15) is 0 Å². The third kappa shape index (κ3) is 3.47. The van der Waals surface area contributed by atoms with Gasteiger partial charge < -0.3 is 10.4 Å². The molecule has 3 aliphatic rings. The van der Waals surface area contributed by atoms with Crippen molar-refractivity contribution in [3.8, 4) is 0 Å². The van der Waals surface area contributed by atoms with E-state index in [0.29, 0.717) is 11.7 Å². The molecule has 3 unspecified atom stereocenters. The maximum Gasteiger partial charge on any atom is 0.327 e. The number of aliphatic carboxylic acids is 1. The quantitative estimate of drug-likeness (QED) is 0.790. The first-order chi connectivity index (χ1) is 10.1. The van der Waals surface area contributed by atoms with Crippen LogP contribution < -0.4 is 5.32 Å². The molecule has 3 rings (SSSR count). The fourth-order valence-corrected chi connectivity index (χ4v) is 4.68. The van der Waals surface area contributed by atoms with Crippen LogP contribution in [0.3, 0.4) is 0 Å². The van der Waals surface area contributed by atoms with Crippen LogP contribution >= 0.6 is 11.8 Å². The normalized spacial score (nSPS) is 30.2. The Hall–Kier alpha value is -0.910. The minimum atomic E-state index is -0.879. The monoisotopic (exact) mass is 312 g/mol. The molecular formula is C15H24N2O3S. The molecule has 0 aromatic carbocycles. The highest BCUT2D eigenvalue weighted by Gasteiger charge is 2.48. The molecule has 0 radical (unpaired) electrons. The van der Waals surface area contributed by atoms with Crippen LogP contribution in [0, 0.1) is 11.8 Å². The van der Waals surface area contributed by atoms with Gasteiger partial charge in [-0.05, 0) is 37.5 Å². The molecule has 2 aliphatic carbocycles. The number of carbonyl (C=O) groups is 2. The highest BCUT2D eigenvalue weighted by molar-refractivity contribution is 8.00. The second kappa shape index (κ2) is 6.07. The Labute approximate surface area is 129 Å². The predicted molar refractivity (Wildman–Crippen MR) is 82.2 cm³/mol. The predicted octanol–water partition coefficient (Wildman–Crippen LogP) is 2.51. The van der Waals surface area contributed by atoms with E-state index in [1.54, 1.807) is 16.7 Å². The van der Waals surface area contributed by atoms with Gasteiger partial charge in [0.1, 0.15) is 6.04 Å². The average Bonchev–Trinajstić information content (AvgIpc) is 3.37. The molecule has 0 aromatic rings. The number of rotatable bonds is 6. The molecule has 2 saturated carbocycles. The number of hydrogen-bond acceptors (Lipinski definition) is 3. The number of nitrogens with one attached hydrogen (secondary N) is 1. The molecule has 0 bridgehead atoms. The van der Waals surface area contributed by atoms with Crippen molar-refractivity contribution in [3.05, 3.63) is 0 Å². The standard InChI is InChI=1S/C15H24N2O3S/c1-2-11(7-9-3-4-9)16-15(20)17-12(14(18)19)8-21-13(17)10-5-6-10/h9-13H,2-8H2,1H3,(H,16,20)(H,18,19). The minimum absolute atomic E-state index is 0.0598. The first-order valence-electron chi connectivity index (χ1n) is 8.03. The van der Waals surface area contributed by atoms with Gasteiger partial charge in [0.15, 0.2) is 0 Å². The largest absolute Gasteiger partial charge is 0.480 e. The Kier molecular flexibility index (Phi) is 4.33. The lowest BCUT2D eigenvalue weighted by molar-refractivity contribution is -0.141. The molecule has 3 fully saturated rings. The fourth-order valence-electron chi connectivity index (χ4n) is 3.05. The van der Waals surface area contributed by atoms with E-state index in [1.165, 1.54) is 12.8 Å². The summed E-state index contributed by atoms with van der Waals surface area (Å²) in [5.41, 5.74) is 0. The van der Waals surface area contributed by atoms with Crippen molar-refractivity contribution in [3.63, 3.8) is 0 Å². The van der Waals surface area contributed by atoms with Crippen LogP contribution in [0.2, 0.25) is 0 Å². The van der Waals surface area contributed by atoms with Crippen LogP contribution in [0.25, 0.3) is 0 Å². The van der Waals surface area contributed by atoms with Gasteiger partial charge in [0.2, 0.25) is 0 Å². The molecule has 6 heteroatoms. The summed E-state index contributed by atoms with van der Waals surface area (Å²) in [5, 5.41) is 12.5. The number of carboxylic acids is 1. The van der Waals surface area contributed by atoms with Gasteiger partial charge in [-0.15, -0.1) is 11.8 Å². The second-order valence-corrected chi connectivity index (χ2v) is 7.71. The summed E-state index contributed by atoms with van der Waals surface area (Å²) in [4.78, 5) is 25.6. The Morgan fingerprint density at radius 2 is 2.05 bits per heavy atom. The number of hydrogen-bond donors (Lipinski definition) is 2. The summed E-state index contributed by atoms with van der Waals surface area (Å²) in [6, 6.07) is -0.652. The SMILES string of the molecule is CCC(CC1CC1)NC(=O)N1C(C(=O)O)CSC1C1CC1. The molecule has 0 aromatic heterocycles. The van der Waals surface area contributed by atoms with Crippen LogP contribution in [0.1, 0.15) is 45.4 Å². The molecule has 0 spiro atoms. The molecule has 1 heterocycles. The van der Waals surface area contributed by atoms with E-state index in [9.17, 15) is 14.7 Å². The zero-order valence-corrected chi connectivity index (χ0v) is 13.3. The first kappa shape index (κ1) is 15.0. The van der Waals surface area contributed by atoms with E-state index in [4.69, 9.17) is 0 Å². The third-order valence-electron chi connectivity index (χ3n) is 4.71. The molecular weight excluding hydrogens is 288 g/mol. The second-order valence-electron chi connectivity index (χ2n) is 6.56. The molecule has 5 nitrogen and oxygen atoms in total. The molecule has 3 atom stereocenters. The van der Waals surface area contributed by atoms with E-state index >= 15 is 0 Å². The number of thioether (sulfide) groups is 1. The van der Waals surface area contributed by atoms with Crippen molar-refractivity contribution in [1.82, 2.24) is 10.2 Å². The molecule has 2 N–H and O–H groups in total. The number of amides is 2. The van der Waals surface area contributed by atoms with Gasteiger partial charge in [0.25, 0.3) is 0 Å². The highest BCUT2D eigenvalue weighted by Crippen LogP contribution is 2.45. The van der Waals surface area contributed by atoms with Crippen molar-refractivity contribution in [1.29, 1.82) is 0 Å². The average molecular weight is 312 g/mol. The number of nitrogens with zero attached hydrogens (tertiary/aromatic N) is 1.